The van der Waals surface area contributed by atoms with Crippen molar-refractivity contribution in [3.63, 3.8) is 0 Å². The van der Waals surface area contributed by atoms with Crippen LogP contribution in [0, 0.1) is 0 Å². The lowest BCUT2D eigenvalue weighted by molar-refractivity contribution is -0.0468. The van der Waals surface area contributed by atoms with Crippen molar-refractivity contribution in [1.29, 1.82) is 0 Å². The minimum Gasteiger partial charge on any atom is -0.507 e. The number of phenolic OH excluding ortho intramolecular Hbond substituents is 1. The molecule has 0 saturated carbocycles. The number of nitrogens with one attached hydrogen (secondary N) is 1. The van der Waals surface area contributed by atoms with E-state index in [1.165, 1.54) is 41.5 Å². The molecule has 1 fully saturated rings. The number of fused-ring (bicyclic) bond motifs is 1. The first-order chi connectivity index (χ1) is 16.7. The lowest BCUT2D eigenvalue weighted by atomic mass is 10.1. The molecule has 0 aliphatic carbocycles. The van der Waals surface area contributed by atoms with Gasteiger partial charge in [-0.05, 0) is 18.6 Å². The lowest BCUT2D eigenvalue weighted by Crippen LogP contribution is -2.37. The number of nitrogens with zero attached hydrogens (tertiary/aromatic N) is 4. The number of phenols is 1. The average molecular weight is 509 g/mol. The fourth-order valence-electron chi connectivity index (χ4n) is 3.44. The van der Waals surface area contributed by atoms with Crippen molar-refractivity contribution in [2.45, 2.75) is 37.9 Å². The molecule has 35 heavy (non-hydrogen) atoms. The highest BCUT2D eigenvalue weighted by atomic mass is 32.2. The van der Waals surface area contributed by atoms with Gasteiger partial charge in [0, 0.05) is 0 Å². The molecule has 4 rings (SSSR count). The highest BCUT2D eigenvalue weighted by Gasteiger charge is 2.45. The summed E-state index contributed by atoms with van der Waals surface area (Å²) in [6.45, 7) is 1.62. The topological polar surface area (TPSA) is 195 Å². The van der Waals surface area contributed by atoms with Crippen LogP contribution in [0.5, 0.6) is 11.6 Å². The molecule has 0 spiro atoms. The molecule has 15 heteroatoms. The molecule has 1 amide bonds. The van der Waals surface area contributed by atoms with Gasteiger partial charge in [-0.3, -0.25) is 13.5 Å². The van der Waals surface area contributed by atoms with Crippen LogP contribution in [0.3, 0.4) is 0 Å². The second-order valence-electron chi connectivity index (χ2n) is 7.58. The smallest absolute Gasteiger partial charge is 0.362 e. The van der Waals surface area contributed by atoms with E-state index in [4.69, 9.17) is 13.7 Å². The Balaban J connectivity index is 1.44. The summed E-state index contributed by atoms with van der Waals surface area (Å²) in [6.07, 6.45) is -2.12. The third kappa shape index (κ3) is 5.18. The van der Waals surface area contributed by atoms with Crippen LogP contribution in [0.1, 0.15) is 29.9 Å². The van der Waals surface area contributed by atoms with E-state index in [1.54, 1.807) is 4.72 Å². The zero-order valence-corrected chi connectivity index (χ0v) is 19.2. The Labute approximate surface area is 199 Å². The first-order valence-corrected chi connectivity index (χ1v) is 11.9. The third-order valence-corrected chi connectivity index (χ3v) is 6.02. The highest BCUT2D eigenvalue weighted by Crippen LogP contribution is 2.33. The molecule has 1 aromatic carbocycles. The van der Waals surface area contributed by atoms with Gasteiger partial charge in [-0.25, -0.2) is 14.7 Å². The van der Waals surface area contributed by atoms with Gasteiger partial charge < -0.3 is 24.8 Å². The van der Waals surface area contributed by atoms with Crippen molar-refractivity contribution < 1.29 is 42.2 Å². The van der Waals surface area contributed by atoms with Gasteiger partial charge in [0.15, 0.2) is 17.4 Å². The number of para-hydroxylation sites is 1. The zero-order chi connectivity index (χ0) is 25.2. The maximum Gasteiger partial charge on any atom is 0.362 e. The first kappa shape index (κ1) is 24.7. The Morgan fingerprint density at radius 3 is 2.71 bits per heavy atom. The van der Waals surface area contributed by atoms with E-state index >= 15 is 0 Å². The Bertz CT molecular complexity index is 1320. The van der Waals surface area contributed by atoms with Crippen LogP contribution in [0.2, 0.25) is 0 Å². The van der Waals surface area contributed by atoms with Gasteiger partial charge in [0.1, 0.15) is 30.4 Å². The summed E-state index contributed by atoms with van der Waals surface area (Å²) in [7, 11) is -4.63. The number of carbonyl (C=O) groups is 1. The minimum absolute atomic E-state index is 0.245. The SMILES string of the molecule is CCCOc1ncnc2c1ncn2[C@@H]1O[C@H](COS(=O)(=O)NC(=O)c2ccccc2O)[C@@H](O)[C@H]1O. The van der Waals surface area contributed by atoms with E-state index in [9.17, 15) is 28.5 Å². The molecule has 4 N–H and O–H groups in total. The fourth-order valence-corrected chi connectivity index (χ4v) is 4.15. The van der Waals surface area contributed by atoms with Gasteiger partial charge in [-0.2, -0.15) is 13.4 Å². The second kappa shape index (κ2) is 10.1. The Hall–Kier alpha value is -3.37. The number of benzene rings is 1. The lowest BCUT2D eigenvalue weighted by Gasteiger charge is -2.16. The molecule has 0 bridgehead atoms. The molecule has 1 saturated heterocycles. The summed E-state index contributed by atoms with van der Waals surface area (Å²) in [4.78, 5) is 24.5. The molecule has 1 aliphatic heterocycles. The van der Waals surface area contributed by atoms with Crippen molar-refractivity contribution in [1.82, 2.24) is 24.2 Å². The number of aliphatic hydroxyl groups is 2. The summed E-state index contributed by atoms with van der Waals surface area (Å²) in [6, 6.07) is 5.35. The van der Waals surface area contributed by atoms with E-state index in [2.05, 4.69) is 15.0 Å². The summed E-state index contributed by atoms with van der Waals surface area (Å²) >= 11 is 0. The Kier molecular flexibility index (Phi) is 7.13. The maximum absolute atomic E-state index is 12.2. The minimum atomic E-state index is -4.63. The van der Waals surface area contributed by atoms with Crippen molar-refractivity contribution in [3.8, 4) is 11.6 Å². The Morgan fingerprint density at radius 1 is 1.20 bits per heavy atom. The molecule has 3 aromatic rings. The van der Waals surface area contributed by atoms with Gasteiger partial charge in [0.25, 0.3) is 5.91 Å². The van der Waals surface area contributed by atoms with E-state index in [-0.39, 0.29) is 17.1 Å². The van der Waals surface area contributed by atoms with Gasteiger partial charge in [-0.15, -0.1) is 0 Å². The molecule has 14 nitrogen and oxygen atoms in total. The molecule has 2 aromatic heterocycles. The van der Waals surface area contributed by atoms with Crippen LogP contribution in [-0.2, 0) is 19.2 Å². The van der Waals surface area contributed by atoms with Crippen LogP contribution < -0.4 is 9.46 Å². The number of aromatic nitrogens is 4. The number of hydrogen-bond donors (Lipinski definition) is 4. The quantitative estimate of drug-likeness (QED) is 0.293. The summed E-state index contributed by atoms with van der Waals surface area (Å²) in [5.41, 5.74) is 0.315. The molecule has 1 aliphatic rings. The number of ether oxygens (including phenoxy) is 2. The van der Waals surface area contributed by atoms with Crippen molar-refractivity contribution in [3.05, 3.63) is 42.5 Å². The van der Waals surface area contributed by atoms with Gasteiger partial charge in [0.05, 0.1) is 25.1 Å². The number of amides is 1. The highest BCUT2D eigenvalue weighted by molar-refractivity contribution is 7.85. The van der Waals surface area contributed by atoms with Crippen molar-refractivity contribution >= 4 is 27.4 Å². The van der Waals surface area contributed by atoms with Crippen LogP contribution in [0.4, 0.5) is 0 Å². The second-order valence-corrected chi connectivity index (χ2v) is 8.93. The normalized spacial score (nSPS) is 22.4. The molecule has 4 atom stereocenters. The number of aliphatic hydroxyl groups excluding tert-OH is 2. The summed E-state index contributed by atoms with van der Waals surface area (Å²) < 4.78 is 43.4. The monoisotopic (exact) mass is 509 g/mol. The van der Waals surface area contributed by atoms with Crippen molar-refractivity contribution in [2.75, 3.05) is 13.2 Å². The van der Waals surface area contributed by atoms with Gasteiger partial charge in [-0.1, -0.05) is 19.1 Å². The largest absolute Gasteiger partial charge is 0.507 e. The van der Waals surface area contributed by atoms with Crippen molar-refractivity contribution in [2.24, 2.45) is 0 Å². The molecular weight excluding hydrogens is 486 g/mol. The molecular formula is C20H23N5O9S. The number of carbonyl (C=O) groups excluding carboxylic acids is 1. The van der Waals surface area contributed by atoms with Gasteiger partial charge in [0.2, 0.25) is 5.88 Å². The predicted octanol–water partition coefficient (Wildman–Crippen LogP) is -0.369. The molecule has 188 valence electrons. The first-order valence-electron chi connectivity index (χ1n) is 10.5. The third-order valence-electron chi connectivity index (χ3n) is 5.13. The van der Waals surface area contributed by atoms with Crippen LogP contribution in [0.15, 0.2) is 36.9 Å². The fraction of sp³-hybridized carbons (Fsp3) is 0.400. The van der Waals surface area contributed by atoms with Crippen LogP contribution in [-0.4, -0.2) is 80.7 Å². The average Bonchev–Trinajstić information content (AvgIpc) is 3.37. The molecule has 0 unspecified atom stereocenters. The molecule has 3 heterocycles. The van der Waals surface area contributed by atoms with E-state index in [1.807, 2.05) is 6.92 Å². The number of rotatable bonds is 9. The predicted molar refractivity (Wildman–Crippen MR) is 117 cm³/mol. The van der Waals surface area contributed by atoms with E-state index in [0.29, 0.717) is 12.1 Å². The number of imidazole rings is 1. The van der Waals surface area contributed by atoms with Crippen LogP contribution >= 0.6 is 0 Å². The zero-order valence-electron chi connectivity index (χ0n) is 18.4. The standard InChI is InChI=1S/C20H23N5O9S/c1-2-7-32-19-14-17(21-9-22-19)25(10-23-14)20-16(28)15(27)13(34-20)8-33-35(30,31)24-18(29)11-5-3-4-6-12(11)26/h3-6,9-10,13,15-16,20,26-28H,2,7-8H2,1H3,(H,24,29)/t13-,15-,16-,20-/m1/s1. The number of aromatic hydroxyl groups is 1. The maximum atomic E-state index is 12.2. The van der Waals surface area contributed by atoms with E-state index < -0.39 is 53.1 Å². The Morgan fingerprint density at radius 2 is 1.97 bits per heavy atom. The van der Waals surface area contributed by atoms with Gasteiger partial charge >= 0.3 is 10.3 Å². The number of hydrogen-bond acceptors (Lipinski definition) is 12. The summed E-state index contributed by atoms with van der Waals surface area (Å²) in [5.74, 6) is -1.28. The summed E-state index contributed by atoms with van der Waals surface area (Å²) in [5, 5.41) is 30.6. The van der Waals surface area contributed by atoms with Crippen LogP contribution in [0.25, 0.3) is 11.2 Å². The van der Waals surface area contributed by atoms with E-state index in [0.717, 1.165) is 6.42 Å². The molecule has 0 radical (unpaired) electrons.